The molecule has 0 nitrogen and oxygen atoms in total. The normalized spacial score (nSPS) is 13.0. The molecular weight excluding hydrogens is 96.1 g/mol. The standard InChI is InChI=1S/C7H6.CH4/c1-2-4-6-7-5-3-1;/h1-6H;1H4. The predicted molar refractivity (Wildman–Crippen MR) is 37.7 cm³/mol. The molecule has 0 aromatic carbocycles. The molecule has 0 heteroatoms. The number of allylic oxidation sites excluding steroid dienone is 5. The van der Waals surface area contributed by atoms with Crippen molar-refractivity contribution in [1.82, 2.24) is 0 Å². The highest BCUT2D eigenvalue weighted by Gasteiger charge is 1.62. The van der Waals surface area contributed by atoms with Gasteiger partial charge in [-0.25, -0.2) is 0 Å². The maximum Gasteiger partial charge on any atom is -0.0200 e. The Bertz CT molecular complexity index is 137. The lowest BCUT2D eigenvalue weighted by atomic mass is 10.5. The third kappa shape index (κ3) is 2.22. The first-order valence-electron chi connectivity index (χ1n) is 2.24. The molecule has 0 amide bonds. The average molecular weight is 106 g/mol. The Hall–Kier alpha value is -1.00. The van der Waals surface area contributed by atoms with E-state index in [0.717, 1.165) is 0 Å². The van der Waals surface area contributed by atoms with Crippen molar-refractivity contribution in [2.45, 2.75) is 7.43 Å². The minimum absolute atomic E-state index is 0. The van der Waals surface area contributed by atoms with E-state index in [9.17, 15) is 0 Å². The van der Waals surface area contributed by atoms with E-state index >= 15 is 0 Å². The van der Waals surface area contributed by atoms with E-state index in [-0.39, 0.29) is 7.43 Å². The van der Waals surface area contributed by atoms with Gasteiger partial charge in [0.25, 0.3) is 0 Å². The average Bonchev–Trinajstić information content (AvgIpc) is 1.90. The Balaban J connectivity index is 0.000000490. The van der Waals surface area contributed by atoms with Gasteiger partial charge in [0, 0.05) is 0 Å². The van der Waals surface area contributed by atoms with Gasteiger partial charge in [0.05, 0.1) is 0 Å². The van der Waals surface area contributed by atoms with Crippen molar-refractivity contribution < 1.29 is 0 Å². The Morgan fingerprint density at radius 2 is 1.25 bits per heavy atom. The van der Waals surface area contributed by atoms with E-state index < -0.39 is 0 Å². The lowest BCUT2D eigenvalue weighted by molar-refractivity contribution is 1.96. The quantitative estimate of drug-likeness (QED) is 0.416. The summed E-state index contributed by atoms with van der Waals surface area (Å²) in [7, 11) is 0. The van der Waals surface area contributed by atoms with Crippen LogP contribution in [0.3, 0.4) is 0 Å². The molecule has 0 spiro atoms. The molecule has 0 N–H and O–H groups in total. The number of hydrogen-bond donors (Lipinski definition) is 0. The van der Waals surface area contributed by atoms with Gasteiger partial charge in [-0.15, -0.1) is 5.73 Å². The lowest BCUT2D eigenvalue weighted by Gasteiger charge is -1.60. The molecule has 1 aliphatic rings. The molecule has 0 aromatic heterocycles. The van der Waals surface area contributed by atoms with Crippen molar-refractivity contribution in [3.05, 3.63) is 42.2 Å². The number of hydrogen-bond acceptors (Lipinski definition) is 0. The molecule has 1 rings (SSSR count). The Kier molecular flexibility index (Phi) is 3.65. The van der Waals surface area contributed by atoms with Gasteiger partial charge in [-0.2, -0.15) is 0 Å². The summed E-state index contributed by atoms with van der Waals surface area (Å²) in [6, 6.07) is 0. The number of rotatable bonds is 0. The first-order chi connectivity index (χ1) is 3.50. The second kappa shape index (κ2) is 4.17. The topological polar surface area (TPSA) is 0 Å². The maximum atomic E-state index is 2.92. The van der Waals surface area contributed by atoms with Gasteiger partial charge in [0.2, 0.25) is 0 Å². The fourth-order valence-electron chi connectivity index (χ4n) is 0.406. The summed E-state index contributed by atoms with van der Waals surface area (Å²) in [4.78, 5) is 0. The second-order valence-corrected chi connectivity index (χ2v) is 1.27. The summed E-state index contributed by atoms with van der Waals surface area (Å²) in [6.07, 6.45) is 11.6. The molecule has 0 atom stereocenters. The van der Waals surface area contributed by atoms with E-state index in [1.165, 1.54) is 0 Å². The van der Waals surface area contributed by atoms with Gasteiger partial charge < -0.3 is 0 Å². The SMILES string of the molecule is C.C1=CC=CC=CC=1. The molecular formula is C8H10. The van der Waals surface area contributed by atoms with Crippen LogP contribution in [0, 0.1) is 0 Å². The molecule has 0 saturated carbocycles. The van der Waals surface area contributed by atoms with Crippen LogP contribution in [0.5, 0.6) is 0 Å². The Labute approximate surface area is 50.5 Å². The van der Waals surface area contributed by atoms with Crippen LogP contribution in [0.1, 0.15) is 7.43 Å². The lowest BCUT2D eigenvalue weighted by Crippen LogP contribution is -1.40. The molecule has 0 unspecified atom stereocenters. The van der Waals surface area contributed by atoms with Crippen LogP contribution in [-0.4, -0.2) is 0 Å². The Morgan fingerprint density at radius 1 is 0.750 bits per heavy atom. The first kappa shape index (κ1) is 7.00. The van der Waals surface area contributed by atoms with E-state index in [0.29, 0.717) is 0 Å². The zero-order valence-electron chi connectivity index (χ0n) is 3.96. The zero-order valence-corrected chi connectivity index (χ0v) is 3.96. The smallest absolute Gasteiger partial charge is 0.0200 e. The fourth-order valence-corrected chi connectivity index (χ4v) is 0.406. The van der Waals surface area contributed by atoms with Crippen LogP contribution in [0.4, 0.5) is 0 Å². The summed E-state index contributed by atoms with van der Waals surface area (Å²) in [5, 5.41) is 0. The van der Waals surface area contributed by atoms with E-state index in [2.05, 4.69) is 5.73 Å². The summed E-state index contributed by atoms with van der Waals surface area (Å²) in [5.74, 6) is 0. The van der Waals surface area contributed by atoms with Crippen LogP contribution in [-0.2, 0) is 0 Å². The van der Waals surface area contributed by atoms with Crippen molar-refractivity contribution >= 4 is 0 Å². The molecule has 0 bridgehead atoms. The largest absolute Gasteiger partial charge is 0.121 e. The van der Waals surface area contributed by atoms with E-state index in [1.807, 2.05) is 36.5 Å². The monoisotopic (exact) mass is 106 g/mol. The van der Waals surface area contributed by atoms with Gasteiger partial charge in [-0.1, -0.05) is 31.7 Å². The highest BCUT2D eigenvalue weighted by Crippen LogP contribution is 1.83. The minimum Gasteiger partial charge on any atom is -0.121 e. The fraction of sp³-hybridized carbons (Fsp3) is 0.125. The summed E-state index contributed by atoms with van der Waals surface area (Å²) < 4.78 is 0. The molecule has 0 aromatic rings. The van der Waals surface area contributed by atoms with Crippen molar-refractivity contribution in [3.63, 3.8) is 0 Å². The van der Waals surface area contributed by atoms with Gasteiger partial charge >= 0.3 is 0 Å². The molecule has 0 aliphatic heterocycles. The van der Waals surface area contributed by atoms with Crippen molar-refractivity contribution in [3.8, 4) is 0 Å². The summed E-state index contributed by atoms with van der Waals surface area (Å²) >= 11 is 0. The molecule has 8 heavy (non-hydrogen) atoms. The molecule has 0 saturated heterocycles. The third-order valence-electron chi connectivity index (χ3n) is 0.718. The van der Waals surface area contributed by atoms with Crippen LogP contribution in [0.2, 0.25) is 0 Å². The molecule has 1 aliphatic carbocycles. The molecule has 42 valence electrons. The van der Waals surface area contributed by atoms with Gasteiger partial charge in [-0.3, -0.25) is 0 Å². The van der Waals surface area contributed by atoms with Crippen LogP contribution in [0.25, 0.3) is 0 Å². The van der Waals surface area contributed by atoms with E-state index in [4.69, 9.17) is 0 Å². The highest BCUT2D eigenvalue weighted by molar-refractivity contribution is 5.19. The van der Waals surface area contributed by atoms with Gasteiger partial charge in [0.1, 0.15) is 0 Å². The maximum absolute atomic E-state index is 2.92. The summed E-state index contributed by atoms with van der Waals surface area (Å²) in [6.45, 7) is 0. The molecule has 0 heterocycles. The minimum atomic E-state index is 0. The van der Waals surface area contributed by atoms with Crippen molar-refractivity contribution in [2.75, 3.05) is 0 Å². The van der Waals surface area contributed by atoms with Crippen molar-refractivity contribution in [2.24, 2.45) is 0 Å². The van der Waals surface area contributed by atoms with Crippen LogP contribution < -0.4 is 0 Å². The molecule has 0 radical (unpaired) electrons. The predicted octanol–water partition coefficient (Wildman–Crippen LogP) is 2.46. The van der Waals surface area contributed by atoms with Crippen LogP contribution in [0.15, 0.2) is 42.2 Å². The Morgan fingerprint density at radius 3 is 1.75 bits per heavy atom. The second-order valence-electron chi connectivity index (χ2n) is 1.27. The van der Waals surface area contributed by atoms with E-state index in [1.54, 1.807) is 0 Å². The summed E-state index contributed by atoms with van der Waals surface area (Å²) in [5.41, 5.74) is 2.92. The zero-order chi connectivity index (χ0) is 4.95. The van der Waals surface area contributed by atoms with Crippen LogP contribution >= 0.6 is 0 Å². The van der Waals surface area contributed by atoms with Crippen molar-refractivity contribution in [1.29, 1.82) is 0 Å². The van der Waals surface area contributed by atoms with Gasteiger partial charge in [0.15, 0.2) is 0 Å². The third-order valence-corrected chi connectivity index (χ3v) is 0.718. The highest BCUT2D eigenvalue weighted by atomic mass is 13.7. The first-order valence-corrected chi connectivity index (χ1v) is 2.24. The van der Waals surface area contributed by atoms with Gasteiger partial charge in [-0.05, 0) is 12.2 Å². The molecule has 0 fully saturated rings.